The number of carbonyl (C=O) groups is 1. The van der Waals surface area contributed by atoms with Crippen LogP contribution < -0.4 is 5.32 Å². The Hall–Kier alpha value is -0.900. The van der Waals surface area contributed by atoms with E-state index in [1.807, 2.05) is 18.3 Å². The van der Waals surface area contributed by atoms with Gasteiger partial charge in [-0.25, -0.2) is 4.98 Å². The van der Waals surface area contributed by atoms with Crippen LogP contribution in [0.15, 0.2) is 22.9 Å². The molecule has 74 valence electrons. The summed E-state index contributed by atoms with van der Waals surface area (Å²) in [6.45, 7) is 0.777. The number of piperidine rings is 1. The average molecular weight is 255 g/mol. The molecule has 1 aliphatic rings. The topological polar surface area (TPSA) is 42.0 Å². The maximum atomic E-state index is 11.2. The zero-order valence-electron chi connectivity index (χ0n) is 7.66. The summed E-state index contributed by atoms with van der Waals surface area (Å²) in [5.41, 5.74) is 1.16. The number of pyridine rings is 1. The van der Waals surface area contributed by atoms with Gasteiger partial charge in [0.1, 0.15) is 4.60 Å². The Balaban J connectivity index is 2.14. The third-order valence-electron chi connectivity index (χ3n) is 2.47. The molecule has 1 aromatic rings. The molecule has 2 rings (SSSR count). The van der Waals surface area contributed by atoms with E-state index in [1.54, 1.807) is 0 Å². The summed E-state index contributed by atoms with van der Waals surface area (Å²) in [6, 6.07) is 3.95. The van der Waals surface area contributed by atoms with E-state index in [1.165, 1.54) is 0 Å². The van der Waals surface area contributed by atoms with E-state index in [0.717, 1.165) is 23.1 Å². The lowest BCUT2D eigenvalue weighted by atomic mass is 9.91. The summed E-state index contributed by atoms with van der Waals surface area (Å²) in [5.74, 6) is 0.480. The fourth-order valence-electron chi connectivity index (χ4n) is 1.70. The predicted molar refractivity (Wildman–Crippen MR) is 56.9 cm³/mol. The highest BCUT2D eigenvalue weighted by Gasteiger charge is 2.20. The smallest absolute Gasteiger partial charge is 0.220 e. The minimum Gasteiger partial charge on any atom is -0.356 e. The van der Waals surface area contributed by atoms with Crippen molar-refractivity contribution in [2.45, 2.75) is 18.8 Å². The van der Waals surface area contributed by atoms with Crippen LogP contribution in [0.2, 0.25) is 0 Å². The molecule has 2 heterocycles. The summed E-state index contributed by atoms with van der Waals surface area (Å²) in [5, 5.41) is 2.82. The van der Waals surface area contributed by atoms with Crippen LogP contribution >= 0.6 is 15.9 Å². The first-order valence-corrected chi connectivity index (χ1v) is 5.43. The van der Waals surface area contributed by atoms with Crippen molar-refractivity contribution in [1.82, 2.24) is 10.3 Å². The zero-order chi connectivity index (χ0) is 9.97. The number of hydrogen-bond acceptors (Lipinski definition) is 2. The Morgan fingerprint density at radius 2 is 2.36 bits per heavy atom. The summed E-state index contributed by atoms with van der Waals surface area (Å²) >= 11 is 3.29. The van der Waals surface area contributed by atoms with Crippen LogP contribution in [0.4, 0.5) is 0 Å². The summed E-state index contributed by atoms with van der Waals surface area (Å²) in [7, 11) is 0. The predicted octanol–water partition coefficient (Wildman–Crippen LogP) is 1.84. The molecule has 3 nitrogen and oxygen atoms in total. The van der Waals surface area contributed by atoms with Gasteiger partial charge in [0.25, 0.3) is 0 Å². The van der Waals surface area contributed by atoms with Gasteiger partial charge in [0.15, 0.2) is 0 Å². The van der Waals surface area contributed by atoms with Crippen molar-refractivity contribution in [2.75, 3.05) is 6.54 Å². The van der Waals surface area contributed by atoms with Gasteiger partial charge in [-0.1, -0.05) is 6.07 Å². The van der Waals surface area contributed by atoms with Gasteiger partial charge in [-0.15, -0.1) is 0 Å². The molecule has 1 aliphatic heterocycles. The lowest BCUT2D eigenvalue weighted by molar-refractivity contribution is -0.122. The number of halogens is 1. The van der Waals surface area contributed by atoms with Gasteiger partial charge in [-0.3, -0.25) is 4.79 Å². The largest absolute Gasteiger partial charge is 0.356 e. The zero-order valence-corrected chi connectivity index (χ0v) is 9.25. The van der Waals surface area contributed by atoms with Crippen LogP contribution in [-0.4, -0.2) is 17.4 Å². The molecule has 1 fully saturated rings. The monoisotopic (exact) mass is 254 g/mol. The molecule has 0 aliphatic carbocycles. The quantitative estimate of drug-likeness (QED) is 0.778. The average Bonchev–Trinajstić information content (AvgIpc) is 2.19. The number of hydrogen-bond donors (Lipinski definition) is 1. The Morgan fingerprint density at radius 1 is 1.50 bits per heavy atom. The summed E-state index contributed by atoms with van der Waals surface area (Å²) < 4.78 is 0.835. The van der Waals surface area contributed by atoms with E-state index in [4.69, 9.17) is 0 Å². The van der Waals surface area contributed by atoms with E-state index in [9.17, 15) is 4.79 Å². The number of rotatable bonds is 1. The first-order valence-electron chi connectivity index (χ1n) is 4.64. The highest BCUT2D eigenvalue weighted by Crippen LogP contribution is 2.25. The second kappa shape index (κ2) is 4.09. The SMILES string of the molecule is O=C1CC(c2ccc(Br)nc2)CCN1. The van der Waals surface area contributed by atoms with E-state index < -0.39 is 0 Å². The van der Waals surface area contributed by atoms with Crippen molar-refractivity contribution in [3.63, 3.8) is 0 Å². The molecule has 1 atom stereocenters. The highest BCUT2D eigenvalue weighted by atomic mass is 79.9. The molecule has 1 N–H and O–H groups in total. The molecule has 1 saturated heterocycles. The van der Waals surface area contributed by atoms with Gasteiger partial charge in [0, 0.05) is 19.2 Å². The van der Waals surface area contributed by atoms with Crippen molar-refractivity contribution in [3.8, 4) is 0 Å². The van der Waals surface area contributed by atoms with E-state index in [0.29, 0.717) is 12.3 Å². The van der Waals surface area contributed by atoms with Gasteiger partial charge in [-0.05, 0) is 39.9 Å². The third kappa shape index (κ3) is 2.12. The van der Waals surface area contributed by atoms with Crippen LogP contribution in [0, 0.1) is 0 Å². The molecule has 0 radical (unpaired) electrons. The van der Waals surface area contributed by atoms with Crippen LogP contribution in [-0.2, 0) is 4.79 Å². The fourth-order valence-corrected chi connectivity index (χ4v) is 1.93. The summed E-state index contributed by atoms with van der Waals surface area (Å²) in [4.78, 5) is 15.3. The molecule has 1 unspecified atom stereocenters. The van der Waals surface area contributed by atoms with Crippen molar-refractivity contribution in [3.05, 3.63) is 28.5 Å². The fraction of sp³-hybridized carbons (Fsp3) is 0.400. The van der Waals surface area contributed by atoms with Gasteiger partial charge < -0.3 is 5.32 Å². The Morgan fingerprint density at radius 3 is 3.00 bits per heavy atom. The molecular formula is C10H11BrN2O. The molecule has 14 heavy (non-hydrogen) atoms. The second-order valence-corrected chi connectivity index (χ2v) is 4.27. The number of carbonyl (C=O) groups excluding carboxylic acids is 1. The number of amides is 1. The standard InChI is InChI=1S/C10H11BrN2O/c11-9-2-1-8(6-13-9)7-3-4-12-10(14)5-7/h1-2,6-7H,3-5H2,(H,12,14). The maximum absolute atomic E-state index is 11.2. The van der Waals surface area contributed by atoms with Crippen LogP contribution in [0.3, 0.4) is 0 Å². The normalized spacial score (nSPS) is 21.8. The molecule has 1 aromatic heterocycles. The maximum Gasteiger partial charge on any atom is 0.220 e. The van der Waals surface area contributed by atoms with Gasteiger partial charge in [-0.2, -0.15) is 0 Å². The van der Waals surface area contributed by atoms with Crippen molar-refractivity contribution < 1.29 is 4.79 Å². The van der Waals surface area contributed by atoms with E-state index in [-0.39, 0.29) is 5.91 Å². The van der Waals surface area contributed by atoms with Crippen molar-refractivity contribution in [2.24, 2.45) is 0 Å². The van der Waals surface area contributed by atoms with Gasteiger partial charge >= 0.3 is 0 Å². The van der Waals surface area contributed by atoms with Gasteiger partial charge in [0.05, 0.1) is 0 Å². The van der Waals surface area contributed by atoms with E-state index in [2.05, 4.69) is 26.2 Å². The first kappa shape index (κ1) is 9.65. The second-order valence-electron chi connectivity index (χ2n) is 3.45. The number of aromatic nitrogens is 1. The molecule has 0 spiro atoms. The van der Waals surface area contributed by atoms with Crippen LogP contribution in [0.1, 0.15) is 24.3 Å². The van der Waals surface area contributed by atoms with Crippen LogP contribution in [0.25, 0.3) is 0 Å². The molecule has 0 saturated carbocycles. The first-order chi connectivity index (χ1) is 6.75. The highest BCUT2D eigenvalue weighted by molar-refractivity contribution is 9.10. The molecule has 4 heteroatoms. The summed E-state index contributed by atoms with van der Waals surface area (Å²) in [6.07, 6.45) is 3.44. The van der Waals surface area contributed by atoms with Crippen molar-refractivity contribution in [1.29, 1.82) is 0 Å². The minimum absolute atomic E-state index is 0.143. The lowest BCUT2D eigenvalue weighted by Gasteiger charge is -2.21. The molecule has 0 aromatic carbocycles. The molecule has 1 amide bonds. The third-order valence-corrected chi connectivity index (χ3v) is 2.94. The molecular weight excluding hydrogens is 244 g/mol. The van der Waals surface area contributed by atoms with Crippen LogP contribution in [0.5, 0.6) is 0 Å². The minimum atomic E-state index is 0.143. The number of nitrogens with one attached hydrogen (secondary N) is 1. The number of nitrogens with zero attached hydrogens (tertiary/aromatic N) is 1. The molecule has 0 bridgehead atoms. The Labute approximate surface area is 91.0 Å². The lowest BCUT2D eigenvalue weighted by Crippen LogP contribution is -2.32. The van der Waals surface area contributed by atoms with E-state index >= 15 is 0 Å². The van der Waals surface area contributed by atoms with Crippen molar-refractivity contribution >= 4 is 21.8 Å². The van der Waals surface area contributed by atoms with Gasteiger partial charge in [0.2, 0.25) is 5.91 Å². The Kier molecular flexibility index (Phi) is 2.82. The Bertz CT molecular complexity index is 336.